The van der Waals surface area contributed by atoms with Crippen LogP contribution in [0.2, 0.25) is 5.02 Å². The first-order chi connectivity index (χ1) is 9.11. The molecule has 2 aromatic heterocycles. The van der Waals surface area contributed by atoms with Gasteiger partial charge >= 0.3 is 0 Å². The molecular weight excluding hydrogens is 298 g/mol. The van der Waals surface area contributed by atoms with Crippen LogP contribution >= 0.6 is 34.7 Å². The molecule has 2 N–H and O–H groups in total. The van der Waals surface area contributed by atoms with Crippen molar-refractivity contribution in [2.45, 2.75) is 16.8 Å². The third-order valence-corrected chi connectivity index (χ3v) is 4.72. The normalized spacial score (nSPS) is 11.1. The van der Waals surface area contributed by atoms with Crippen LogP contribution in [0, 0.1) is 6.92 Å². The number of fused-ring (bicyclic) bond motifs is 1. The lowest BCUT2D eigenvalue weighted by molar-refractivity contribution is 1.13. The van der Waals surface area contributed by atoms with E-state index in [0.717, 1.165) is 30.8 Å². The van der Waals surface area contributed by atoms with E-state index in [9.17, 15) is 0 Å². The molecule has 0 fully saturated rings. The van der Waals surface area contributed by atoms with Crippen LogP contribution in [0.5, 0.6) is 0 Å². The minimum Gasteiger partial charge on any atom is -0.398 e. The van der Waals surface area contributed by atoms with Crippen molar-refractivity contribution in [3.05, 3.63) is 40.5 Å². The number of anilines is 1. The van der Waals surface area contributed by atoms with Gasteiger partial charge in [-0.1, -0.05) is 23.4 Å². The fourth-order valence-electron chi connectivity index (χ4n) is 1.71. The number of thiazole rings is 1. The highest BCUT2D eigenvalue weighted by Gasteiger charge is 2.08. The first-order valence-electron chi connectivity index (χ1n) is 5.58. The first-order valence-corrected chi connectivity index (χ1v) is 7.59. The minimum atomic E-state index is 0.628. The van der Waals surface area contributed by atoms with Crippen molar-refractivity contribution in [3.63, 3.8) is 0 Å². The smallest absolute Gasteiger partial charge is 0.101 e. The molecule has 0 radical (unpaired) electrons. The summed E-state index contributed by atoms with van der Waals surface area (Å²) in [6.45, 7) is 1.99. The van der Waals surface area contributed by atoms with E-state index >= 15 is 0 Å². The zero-order chi connectivity index (χ0) is 13.4. The molecule has 3 nitrogen and oxygen atoms in total. The largest absolute Gasteiger partial charge is 0.398 e. The lowest BCUT2D eigenvalue weighted by Crippen LogP contribution is -1.89. The van der Waals surface area contributed by atoms with Gasteiger partial charge in [0.2, 0.25) is 0 Å². The monoisotopic (exact) mass is 307 g/mol. The number of nitrogens with two attached hydrogens (primary N) is 1. The van der Waals surface area contributed by atoms with Crippen molar-refractivity contribution in [1.29, 1.82) is 0 Å². The molecule has 96 valence electrons. The molecule has 6 heteroatoms. The number of aromatic nitrogens is 2. The molecule has 0 spiro atoms. The van der Waals surface area contributed by atoms with Gasteiger partial charge in [0, 0.05) is 16.8 Å². The van der Waals surface area contributed by atoms with E-state index in [4.69, 9.17) is 17.3 Å². The number of hydrogen-bond acceptors (Lipinski definition) is 5. The maximum absolute atomic E-state index is 6.08. The Balaban J connectivity index is 1.99. The number of pyridine rings is 1. The highest BCUT2D eigenvalue weighted by atomic mass is 35.5. The summed E-state index contributed by atoms with van der Waals surface area (Å²) >= 11 is 8.99. The van der Waals surface area contributed by atoms with Gasteiger partial charge in [-0.05, 0) is 31.2 Å². The summed E-state index contributed by atoms with van der Waals surface area (Å²) in [7, 11) is 0. The molecule has 1 aromatic carbocycles. The quantitative estimate of drug-likeness (QED) is 0.714. The number of rotatable bonds is 2. The van der Waals surface area contributed by atoms with E-state index < -0.39 is 0 Å². The van der Waals surface area contributed by atoms with E-state index in [2.05, 4.69) is 9.97 Å². The number of hydrogen-bond donors (Lipinski definition) is 1. The molecule has 0 aliphatic carbocycles. The fraction of sp³-hybridized carbons (Fsp3) is 0.0769. The molecule has 0 saturated heterocycles. The second-order valence-corrected chi connectivity index (χ2v) is 6.74. The van der Waals surface area contributed by atoms with E-state index in [-0.39, 0.29) is 0 Å². The van der Waals surface area contributed by atoms with Crippen LogP contribution in [0.1, 0.15) is 5.01 Å². The molecule has 0 unspecified atom stereocenters. The van der Waals surface area contributed by atoms with Crippen LogP contribution in [-0.4, -0.2) is 9.97 Å². The summed E-state index contributed by atoms with van der Waals surface area (Å²) in [6, 6.07) is 7.68. The predicted molar refractivity (Wildman–Crippen MR) is 82.1 cm³/mol. The average Bonchev–Trinajstić information content (AvgIpc) is 2.72. The van der Waals surface area contributed by atoms with Crippen LogP contribution in [-0.2, 0) is 0 Å². The Morgan fingerprint density at radius 3 is 2.89 bits per heavy atom. The molecule has 3 rings (SSSR count). The lowest BCUT2D eigenvalue weighted by atomic mass is 10.3. The average molecular weight is 308 g/mol. The number of aryl methyl sites for hydroxylation is 1. The Bertz CT molecular complexity index is 737. The van der Waals surface area contributed by atoms with Crippen LogP contribution < -0.4 is 5.73 Å². The second-order valence-electron chi connectivity index (χ2n) is 4.01. The van der Waals surface area contributed by atoms with Gasteiger partial charge in [-0.3, -0.25) is 0 Å². The molecule has 0 aliphatic heterocycles. The van der Waals surface area contributed by atoms with E-state index in [1.54, 1.807) is 17.5 Å². The molecule has 0 atom stereocenters. The summed E-state index contributed by atoms with van der Waals surface area (Å²) in [6.07, 6.45) is 1.63. The zero-order valence-corrected chi connectivity index (χ0v) is 12.4. The van der Waals surface area contributed by atoms with Gasteiger partial charge in [-0.15, -0.1) is 11.3 Å². The standard InChI is InChI=1S/C13H10ClN3S2/c1-7-17-10-5-11(9(15)4-12(10)18-7)19-13-3-2-8(14)6-16-13/h2-6H,15H2,1H3. The van der Waals surface area contributed by atoms with E-state index in [0.29, 0.717) is 5.02 Å². The van der Waals surface area contributed by atoms with Gasteiger partial charge in [0.15, 0.2) is 0 Å². The number of nitrogen functional groups attached to an aromatic ring is 1. The maximum Gasteiger partial charge on any atom is 0.101 e. The molecule has 0 saturated carbocycles. The van der Waals surface area contributed by atoms with Gasteiger partial charge in [0.05, 0.1) is 20.2 Å². The minimum absolute atomic E-state index is 0.628. The SMILES string of the molecule is Cc1nc2cc(Sc3ccc(Cl)cn3)c(N)cc2s1. The van der Waals surface area contributed by atoms with Crippen molar-refractivity contribution < 1.29 is 0 Å². The van der Waals surface area contributed by atoms with Crippen LogP contribution in [0.4, 0.5) is 5.69 Å². The Morgan fingerprint density at radius 2 is 2.16 bits per heavy atom. The van der Waals surface area contributed by atoms with Crippen LogP contribution in [0.3, 0.4) is 0 Å². The van der Waals surface area contributed by atoms with Gasteiger partial charge in [0.25, 0.3) is 0 Å². The summed E-state index contributed by atoms with van der Waals surface area (Å²) in [5.41, 5.74) is 7.81. The molecule has 0 amide bonds. The topological polar surface area (TPSA) is 51.8 Å². The highest BCUT2D eigenvalue weighted by molar-refractivity contribution is 7.99. The van der Waals surface area contributed by atoms with Crippen LogP contribution in [0.25, 0.3) is 10.2 Å². The van der Waals surface area contributed by atoms with Crippen LogP contribution in [0.15, 0.2) is 40.4 Å². The van der Waals surface area contributed by atoms with Crippen molar-refractivity contribution >= 4 is 50.6 Å². The van der Waals surface area contributed by atoms with Crippen molar-refractivity contribution in [2.24, 2.45) is 0 Å². The van der Waals surface area contributed by atoms with Crippen molar-refractivity contribution in [3.8, 4) is 0 Å². The maximum atomic E-state index is 6.08. The second kappa shape index (κ2) is 5.00. The summed E-state index contributed by atoms with van der Waals surface area (Å²) in [5, 5.41) is 2.53. The van der Waals surface area contributed by atoms with Gasteiger partial charge < -0.3 is 5.73 Å². The third kappa shape index (κ3) is 2.68. The molecule has 0 aliphatic rings. The van der Waals surface area contributed by atoms with Crippen molar-refractivity contribution in [2.75, 3.05) is 5.73 Å². The first kappa shape index (κ1) is 12.7. The predicted octanol–water partition coefficient (Wildman–Crippen LogP) is 4.39. The Hall–Kier alpha value is -1.30. The Kier molecular flexibility index (Phi) is 3.35. The van der Waals surface area contributed by atoms with Crippen molar-refractivity contribution in [1.82, 2.24) is 9.97 Å². The Labute approximate surface area is 123 Å². The van der Waals surface area contributed by atoms with Gasteiger partial charge in [-0.2, -0.15) is 0 Å². The van der Waals surface area contributed by atoms with Gasteiger partial charge in [0.1, 0.15) is 5.03 Å². The number of benzene rings is 1. The summed E-state index contributed by atoms with van der Waals surface area (Å²) < 4.78 is 1.11. The fourth-order valence-corrected chi connectivity index (χ4v) is 3.49. The molecule has 3 aromatic rings. The molecule has 19 heavy (non-hydrogen) atoms. The zero-order valence-electron chi connectivity index (χ0n) is 10.1. The molecule has 2 heterocycles. The third-order valence-electron chi connectivity index (χ3n) is 2.54. The van der Waals surface area contributed by atoms with E-state index in [1.807, 2.05) is 31.2 Å². The molecule has 0 bridgehead atoms. The Morgan fingerprint density at radius 1 is 1.32 bits per heavy atom. The van der Waals surface area contributed by atoms with E-state index in [1.165, 1.54) is 11.8 Å². The molecular formula is C13H10ClN3S2. The lowest BCUT2D eigenvalue weighted by Gasteiger charge is -2.04. The number of nitrogens with zero attached hydrogens (tertiary/aromatic N) is 2. The van der Waals surface area contributed by atoms with Gasteiger partial charge in [-0.25, -0.2) is 9.97 Å². The summed E-state index contributed by atoms with van der Waals surface area (Å²) in [4.78, 5) is 9.70. The highest BCUT2D eigenvalue weighted by Crippen LogP contribution is 2.35. The summed E-state index contributed by atoms with van der Waals surface area (Å²) in [5.74, 6) is 0. The number of halogens is 1.